The van der Waals surface area contributed by atoms with Crippen molar-refractivity contribution in [2.24, 2.45) is 0 Å². The summed E-state index contributed by atoms with van der Waals surface area (Å²) in [5.41, 5.74) is 2.10. The summed E-state index contributed by atoms with van der Waals surface area (Å²) in [7, 11) is 2.07. The highest BCUT2D eigenvalue weighted by Crippen LogP contribution is 2.36. The minimum Gasteiger partial charge on any atom is -0.378 e. The Morgan fingerprint density at radius 3 is 2.53 bits per heavy atom. The fourth-order valence-corrected chi connectivity index (χ4v) is 5.06. The first-order valence-electron chi connectivity index (χ1n) is 12.5. The molecule has 3 aromatic rings. The van der Waals surface area contributed by atoms with Crippen molar-refractivity contribution in [3.05, 3.63) is 64.2 Å². The van der Waals surface area contributed by atoms with E-state index in [1.165, 1.54) is 6.07 Å². The average molecular weight is 559 g/mol. The molecular weight excluding hydrogens is 530 g/mol. The molecule has 2 aliphatic heterocycles. The van der Waals surface area contributed by atoms with Gasteiger partial charge in [0, 0.05) is 62.3 Å². The molecule has 1 atom stereocenters. The molecule has 1 N–H and O–H groups in total. The van der Waals surface area contributed by atoms with Gasteiger partial charge < -0.3 is 24.8 Å². The maximum atomic E-state index is 15.6. The smallest absolute Gasteiger partial charge is 0.257 e. The van der Waals surface area contributed by atoms with Crippen LogP contribution < -0.4 is 15.1 Å². The number of benzene rings is 2. The minimum absolute atomic E-state index is 0.163. The van der Waals surface area contributed by atoms with Crippen LogP contribution in [-0.4, -0.2) is 79.8 Å². The highest BCUT2D eigenvalue weighted by atomic mass is 35.5. The molecule has 1 amide bonds. The van der Waals surface area contributed by atoms with Gasteiger partial charge in [0.15, 0.2) is 0 Å². The Morgan fingerprint density at radius 1 is 1.08 bits per heavy atom. The van der Waals surface area contributed by atoms with Gasteiger partial charge in [0.1, 0.15) is 5.82 Å². The maximum Gasteiger partial charge on any atom is 0.257 e. The number of nitrogens with zero attached hydrogens (tertiary/aromatic N) is 5. The number of nitrogens with one attached hydrogen (secondary N) is 1. The summed E-state index contributed by atoms with van der Waals surface area (Å²) in [5.74, 6) is -0.282. The lowest BCUT2D eigenvalue weighted by molar-refractivity contribution is 0.102. The third-order valence-corrected chi connectivity index (χ3v) is 7.89. The van der Waals surface area contributed by atoms with Gasteiger partial charge in [0.05, 0.1) is 40.2 Å². The van der Waals surface area contributed by atoms with Crippen LogP contribution >= 0.6 is 23.2 Å². The number of anilines is 3. The number of piperazine rings is 1. The predicted molar refractivity (Wildman–Crippen MR) is 149 cm³/mol. The molecule has 0 unspecified atom stereocenters. The van der Waals surface area contributed by atoms with E-state index in [-0.39, 0.29) is 27.2 Å². The molecule has 8 nitrogen and oxygen atoms in total. The summed E-state index contributed by atoms with van der Waals surface area (Å²) in [4.78, 5) is 28.6. The van der Waals surface area contributed by atoms with E-state index in [0.29, 0.717) is 62.3 Å². The van der Waals surface area contributed by atoms with E-state index in [0.717, 1.165) is 6.54 Å². The summed E-state index contributed by atoms with van der Waals surface area (Å²) in [6, 6.07) is 8.25. The Hall–Kier alpha value is -2.98. The molecule has 0 saturated carbocycles. The van der Waals surface area contributed by atoms with Crippen molar-refractivity contribution in [2.45, 2.75) is 13.0 Å². The van der Waals surface area contributed by atoms with Crippen molar-refractivity contribution in [1.29, 1.82) is 0 Å². The van der Waals surface area contributed by atoms with Crippen molar-refractivity contribution in [3.63, 3.8) is 0 Å². The average Bonchev–Trinajstić information content (AvgIpc) is 2.93. The lowest BCUT2D eigenvalue weighted by Gasteiger charge is -2.39. The second kappa shape index (κ2) is 11.4. The number of aromatic nitrogens is 2. The van der Waals surface area contributed by atoms with Crippen LogP contribution in [-0.2, 0) is 4.74 Å². The molecule has 2 aliphatic rings. The van der Waals surface area contributed by atoms with Crippen molar-refractivity contribution < 1.29 is 13.9 Å². The molecule has 2 fully saturated rings. The topological polar surface area (TPSA) is 73.8 Å². The Balaban J connectivity index is 1.50. The Morgan fingerprint density at radius 2 is 1.82 bits per heavy atom. The first-order valence-corrected chi connectivity index (χ1v) is 13.3. The number of hydrogen-bond acceptors (Lipinski definition) is 7. The van der Waals surface area contributed by atoms with Gasteiger partial charge in [-0.2, -0.15) is 0 Å². The highest BCUT2D eigenvalue weighted by Gasteiger charge is 2.26. The maximum absolute atomic E-state index is 15.6. The van der Waals surface area contributed by atoms with Gasteiger partial charge in [-0.1, -0.05) is 29.3 Å². The Labute approximate surface area is 231 Å². The van der Waals surface area contributed by atoms with E-state index < -0.39 is 11.7 Å². The van der Waals surface area contributed by atoms with Crippen LogP contribution in [0.2, 0.25) is 10.0 Å². The number of carbonyl (C=O) groups is 1. The van der Waals surface area contributed by atoms with Crippen LogP contribution in [0.25, 0.3) is 11.1 Å². The second-order valence-electron chi connectivity index (χ2n) is 9.55. The fraction of sp³-hybridized carbons (Fsp3) is 0.370. The number of halogens is 3. The molecule has 0 bridgehead atoms. The van der Waals surface area contributed by atoms with Crippen molar-refractivity contribution in [1.82, 2.24) is 14.9 Å². The second-order valence-corrected chi connectivity index (χ2v) is 10.3. The third-order valence-electron chi connectivity index (χ3n) is 7.07. The largest absolute Gasteiger partial charge is 0.378 e. The Kier molecular flexibility index (Phi) is 7.99. The zero-order valence-corrected chi connectivity index (χ0v) is 22.8. The number of rotatable bonds is 5. The van der Waals surface area contributed by atoms with Gasteiger partial charge in [0.25, 0.3) is 5.91 Å². The normalized spacial score (nSPS) is 18.5. The van der Waals surface area contributed by atoms with E-state index in [1.54, 1.807) is 36.7 Å². The van der Waals surface area contributed by atoms with Crippen LogP contribution in [0.15, 0.2) is 42.7 Å². The molecule has 5 rings (SSSR count). The summed E-state index contributed by atoms with van der Waals surface area (Å²) in [6.07, 6.45) is 3.21. The van der Waals surface area contributed by atoms with Crippen LogP contribution in [0.1, 0.15) is 17.3 Å². The zero-order valence-electron chi connectivity index (χ0n) is 21.3. The first kappa shape index (κ1) is 26.6. The van der Waals surface area contributed by atoms with Gasteiger partial charge >= 0.3 is 0 Å². The van der Waals surface area contributed by atoms with E-state index >= 15 is 4.39 Å². The molecule has 200 valence electrons. The van der Waals surface area contributed by atoms with Crippen molar-refractivity contribution in [2.75, 3.05) is 68.1 Å². The zero-order chi connectivity index (χ0) is 26.8. The van der Waals surface area contributed by atoms with Crippen LogP contribution in [0.4, 0.5) is 21.7 Å². The number of amides is 1. The predicted octanol–water partition coefficient (Wildman–Crippen LogP) is 4.82. The fourth-order valence-electron chi connectivity index (χ4n) is 4.67. The molecule has 0 spiro atoms. The van der Waals surface area contributed by atoms with Crippen LogP contribution in [0.3, 0.4) is 0 Å². The summed E-state index contributed by atoms with van der Waals surface area (Å²) >= 11 is 12.5. The van der Waals surface area contributed by atoms with Crippen molar-refractivity contribution in [3.8, 4) is 11.1 Å². The third kappa shape index (κ3) is 5.56. The standard InChI is InChI=1S/C27H29Cl2FN6O2/c1-17-16-36(7-6-34(17)2)24-13-22(30)20(18-14-31-27(32-15-18)35-8-10-38-11-9-35)12-23(24)33-26(37)19-4-3-5-21(28)25(19)29/h3-5,12-15,17H,6-11,16H2,1-2H3,(H,33,37)/t17-/m1/s1. The number of morpholine rings is 1. The number of carbonyl (C=O) groups excluding carboxylic acids is 1. The molecule has 2 saturated heterocycles. The molecule has 0 aliphatic carbocycles. The molecular formula is C27H29Cl2FN6O2. The lowest BCUT2D eigenvalue weighted by atomic mass is 10.0. The van der Waals surface area contributed by atoms with Crippen LogP contribution in [0, 0.1) is 5.82 Å². The quantitative estimate of drug-likeness (QED) is 0.481. The summed E-state index contributed by atoms with van der Waals surface area (Å²) in [5, 5.41) is 3.40. The molecule has 2 aromatic carbocycles. The highest BCUT2D eigenvalue weighted by molar-refractivity contribution is 6.44. The van der Waals surface area contributed by atoms with Gasteiger partial charge in [-0.25, -0.2) is 14.4 Å². The monoisotopic (exact) mass is 558 g/mol. The molecule has 11 heteroatoms. The Bertz CT molecular complexity index is 1320. The molecule has 1 aromatic heterocycles. The number of ether oxygens (including phenoxy) is 1. The van der Waals surface area contributed by atoms with Gasteiger partial charge in [-0.3, -0.25) is 4.79 Å². The lowest BCUT2D eigenvalue weighted by Crippen LogP contribution is -2.50. The van der Waals surface area contributed by atoms with Crippen molar-refractivity contribution >= 4 is 46.4 Å². The summed E-state index contributed by atoms with van der Waals surface area (Å²) < 4.78 is 21.0. The molecule has 3 heterocycles. The number of likely N-dealkylation sites (N-methyl/N-ethyl adjacent to an activating group) is 1. The first-order chi connectivity index (χ1) is 18.3. The summed E-state index contributed by atoms with van der Waals surface area (Å²) in [6.45, 7) is 6.95. The van der Waals surface area contributed by atoms with E-state index in [4.69, 9.17) is 27.9 Å². The SMILES string of the molecule is C[C@@H]1CN(c2cc(F)c(-c3cnc(N4CCOCC4)nc3)cc2NC(=O)c2cccc(Cl)c2Cl)CCN1C. The van der Waals surface area contributed by atoms with E-state index in [2.05, 4.69) is 39.1 Å². The van der Waals surface area contributed by atoms with E-state index in [9.17, 15) is 4.79 Å². The molecule has 38 heavy (non-hydrogen) atoms. The van der Waals surface area contributed by atoms with Gasteiger partial charge in [0.2, 0.25) is 5.95 Å². The van der Waals surface area contributed by atoms with Gasteiger partial charge in [-0.05, 0) is 38.2 Å². The van der Waals surface area contributed by atoms with E-state index in [1.807, 2.05) is 4.90 Å². The van der Waals surface area contributed by atoms with Gasteiger partial charge in [-0.15, -0.1) is 0 Å². The van der Waals surface area contributed by atoms with Crippen LogP contribution in [0.5, 0.6) is 0 Å². The number of hydrogen-bond donors (Lipinski definition) is 1. The molecule has 0 radical (unpaired) electrons. The minimum atomic E-state index is -0.433.